The lowest BCUT2D eigenvalue weighted by Crippen LogP contribution is -2.31. The second kappa shape index (κ2) is 6.45. The summed E-state index contributed by atoms with van der Waals surface area (Å²) in [6, 6.07) is -0.0113. The van der Waals surface area contributed by atoms with Gasteiger partial charge in [0.1, 0.15) is 0 Å². The first kappa shape index (κ1) is 12.9. The molecule has 0 saturated carbocycles. The molecule has 1 aromatic heterocycles. The molecule has 0 aromatic carbocycles. The number of hydrazine groups is 1. The third-order valence-electron chi connectivity index (χ3n) is 2.08. The van der Waals surface area contributed by atoms with Gasteiger partial charge >= 0.3 is 0 Å². The Balaban J connectivity index is 2.61. The van der Waals surface area contributed by atoms with Crippen LogP contribution < -0.4 is 11.3 Å². The van der Waals surface area contributed by atoms with Gasteiger partial charge in [-0.1, -0.05) is 18.5 Å². The summed E-state index contributed by atoms with van der Waals surface area (Å²) < 4.78 is 5.46. The zero-order valence-electron chi connectivity index (χ0n) is 9.05. The normalized spacial score (nSPS) is 13.1. The Morgan fingerprint density at radius 1 is 1.67 bits per heavy atom. The summed E-state index contributed by atoms with van der Waals surface area (Å²) in [6.07, 6.45) is 1.01. The SMILES string of the molecule is CCCOCC(NN)c1scc(C)c1Cl. The van der Waals surface area contributed by atoms with E-state index in [-0.39, 0.29) is 6.04 Å². The number of nitrogens with one attached hydrogen (secondary N) is 1. The van der Waals surface area contributed by atoms with Gasteiger partial charge in [0, 0.05) is 11.5 Å². The van der Waals surface area contributed by atoms with E-state index in [1.165, 1.54) is 0 Å². The molecule has 1 heterocycles. The quantitative estimate of drug-likeness (QED) is 0.462. The van der Waals surface area contributed by atoms with Crippen molar-refractivity contribution < 1.29 is 4.74 Å². The van der Waals surface area contributed by atoms with Gasteiger partial charge in [-0.25, -0.2) is 5.43 Å². The molecule has 0 aliphatic heterocycles. The van der Waals surface area contributed by atoms with E-state index in [1.54, 1.807) is 11.3 Å². The largest absolute Gasteiger partial charge is 0.379 e. The minimum atomic E-state index is -0.0113. The van der Waals surface area contributed by atoms with Gasteiger partial charge < -0.3 is 4.74 Å². The summed E-state index contributed by atoms with van der Waals surface area (Å²) in [5, 5.41) is 2.82. The molecule has 0 aliphatic carbocycles. The molecule has 0 fully saturated rings. The molecular formula is C10H17ClN2OS. The second-order valence-electron chi connectivity index (χ2n) is 3.39. The van der Waals surface area contributed by atoms with Crippen LogP contribution in [-0.4, -0.2) is 13.2 Å². The standard InChI is InChI=1S/C10H17ClN2OS/c1-3-4-14-5-8(13-12)10-9(11)7(2)6-15-10/h6,8,13H,3-5,12H2,1-2H3. The fraction of sp³-hybridized carbons (Fsp3) is 0.600. The van der Waals surface area contributed by atoms with Crippen LogP contribution in [0.15, 0.2) is 5.38 Å². The third kappa shape index (κ3) is 3.43. The van der Waals surface area contributed by atoms with Crippen molar-refractivity contribution in [1.29, 1.82) is 0 Å². The highest BCUT2D eigenvalue weighted by molar-refractivity contribution is 7.10. The molecule has 1 aromatic rings. The van der Waals surface area contributed by atoms with E-state index in [1.807, 2.05) is 12.3 Å². The van der Waals surface area contributed by atoms with Crippen molar-refractivity contribution in [3.05, 3.63) is 20.8 Å². The van der Waals surface area contributed by atoms with Crippen molar-refractivity contribution >= 4 is 22.9 Å². The Bertz CT molecular complexity index is 304. The molecule has 5 heteroatoms. The Morgan fingerprint density at radius 2 is 2.40 bits per heavy atom. The number of hydrogen-bond acceptors (Lipinski definition) is 4. The monoisotopic (exact) mass is 248 g/mol. The van der Waals surface area contributed by atoms with E-state index in [4.69, 9.17) is 22.2 Å². The molecule has 0 spiro atoms. The molecule has 3 N–H and O–H groups in total. The lowest BCUT2D eigenvalue weighted by atomic mass is 10.2. The van der Waals surface area contributed by atoms with Crippen LogP contribution in [0.3, 0.4) is 0 Å². The van der Waals surface area contributed by atoms with Gasteiger partial charge in [-0.05, 0) is 24.3 Å². The highest BCUT2D eigenvalue weighted by atomic mass is 35.5. The summed E-state index contributed by atoms with van der Waals surface area (Å²) in [7, 11) is 0. The van der Waals surface area contributed by atoms with Gasteiger partial charge in [0.05, 0.1) is 17.7 Å². The number of aryl methyl sites for hydroxylation is 1. The van der Waals surface area contributed by atoms with Gasteiger partial charge in [-0.15, -0.1) is 11.3 Å². The van der Waals surface area contributed by atoms with Crippen molar-refractivity contribution in [3.63, 3.8) is 0 Å². The van der Waals surface area contributed by atoms with Crippen LogP contribution in [0.4, 0.5) is 0 Å². The minimum Gasteiger partial charge on any atom is -0.379 e. The maximum absolute atomic E-state index is 6.15. The number of thiophene rings is 1. The van der Waals surface area contributed by atoms with Crippen molar-refractivity contribution in [2.24, 2.45) is 5.84 Å². The van der Waals surface area contributed by atoms with Crippen LogP contribution >= 0.6 is 22.9 Å². The molecular weight excluding hydrogens is 232 g/mol. The fourth-order valence-corrected chi connectivity index (χ4v) is 2.60. The van der Waals surface area contributed by atoms with E-state index in [9.17, 15) is 0 Å². The van der Waals surface area contributed by atoms with Crippen LogP contribution in [0.2, 0.25) is 5.02 Å². The van der Waals surface area contributed by atoms with E-state index in [0.717, 1.165) is 28.5 Å². The first-order chi connectivity index (χ1) is 7.20. The van der Waals surface area contributed by atoms with Crippen LogP contribution in [0.25, 0.3) is 0 Å². The minimum absolute atomic E-state index is 0.0113. The van der Waals surface area contributed by atoms with E-state index in [0.29, 0.717) is 6.61 Å². The van der Waals surface area contributed by atoms with Crippen molar-refractivity contribution in [1.82, 2.24) is 5.43 Å². The van der Waals surface area contributed by atoms with Crippen molar-refractivity contribution in [3.8, 4) is 0 Å². The summed E-state index contributed by atoms with van der Waals surface area (Å²) >= 11 is 7.77. The third-order valence-corrected chi connectivity index (χ3v) is 3.90. The zero-order chi connectivity index (χ0) is 11.3. The lowest BCUT2D eigenvalue weighted by molar-refractivity contribution is 0.113. The molecule has 3 nitrogen and oxygen atoms in total. The summed E-state index contributed by atoms with van der Waals surface area (Å²) in [5.74, 6) is 5.48. The molecule has 15 heavy (non-hydrogen) atoms. The Morgan fingerprint density at radius 3 is 2.87 bits per heavy atom. The van der Waals surface area contributed by atoms with Gasteiger partial charge in [-0.3, -0.25) is 5.84 Å². The van der Waals surface area contributed by atoms with E-state index < -0.39 is 0 Å². The summed E-state index contributed by atoms with van der Waals surface area (Å²) in [5.41, 5.74) is 3.82. The smallest absolute Gasteiger partial charge is 0.0801 e. The fourth-order valence-electron chi connectivity index (χ4n) is 1.23. The number of hydrogen-bond donors (Lipinski definition) is 2. The number of rotatable bonds is 6. The van der Waals surface area contributed by atoms with E-state index >= 15 is 0 Å². The van der Waals surface area contributed by atoms with Crippen molar-refractivity contribution in [2.45, 2.75) is 26.3 Å². The van der Waals surface area contributed by atoms with Crippen LogP contribution in [-0.2, 0) is 4.74 Å². The number of nitrogens with two attached hydrogens (primary N) is 1. The van der Waals surface area contributed by atoms with Gasteiger partial charge in [-0.2, -0.15) is 0 Å². The molecule has 0 radical (unpaired) electrons. The molecule has 1 atom stereocenters. The Kier molecular flexibility index (Phi) is 5.56. The average Bonchev–Trinajstić information content (AvgIpc) is 2.56. The molecule has 0 aliphatic rings. The molecule has 0 amide bonds. The van der Waals surface area contributed by atoms with Gasteiger partial charge in [0.2, 0.25) is 0 Å². The average molecular weight is 249 g/mol. The van der Waals surface area contributed by atoms with Crippen LogP contribution in [0.1, 0.15) is 29.8 Å². The summed E-state index contributed by atoms with van der Waals surface area (Å²) in [4.78, 5) is 1.05. The Hall–Kier alpha value is -0.130. The topological polar surface area (TPSA) is 47.3 Å². The highest BCUT2D eigenvalue weighted by Gasteiger charge is 2.16. The summed E-state index contributed by atoms with van der Waals surface area (Å²) in [6.45, 7) is 5.38. The number of ether oxygens (including phenoxy) is 1. The maximum Gasteiger partial charge on any atom is 0.0801 e. The first-order valence-corrected chi connectivity index (χ1v) is 6.23. The van der Waals surface area contributed by atoms with E-state index in [2.05, 4.69) is 12.3 Å². The molecule has 86 valence electrons. The second-order valence-corrected chi connectivity index (χ2v) is 4.68. The van der Waals surface area contributed by atoms with Crippen LogP contribution in [0, 0.1) is 6.92 Å². The van der Waals surface area contributed by atoms with Gasteiger partial charge in [0.25, 0.3) is 0 Å². The highest BCUT2D eigenvalue weighted by Crippen LogP contribution is 2.32. The molecule has 0 saturated heterocycles. The van der Waals surface area contributed by atoms with Crippen LogP contribution in [0.5, 0.6) is 0 Å². The van der Waals surface area contributed by atoms with Crippen molar-refractivity contribution in [2.75, 3.05) is 13.2 Å². The maximum atomic E-state index is 6.15. The van der Waals surface area contributed by atoms with Gasteiger partial charge in [0.15, 0.2) is 0 Å². The predicted molar refractivity (Wildman–Crippen MR) is 65.2 cm³/mol. The zero-order valence-corrected chi connectivity index (χ0v) is 10.6. The lowest BCUT2D eigenvalue weighted by Gasteiger charge is -2.15. The Labute approximate surface area is 99.5 Å². The molecule has 1 unspecified atom stereocenters. The first-order valence-electron chi connectivity index (χ1n) is 4.98. The molecule has 1 rings (SSSR count). The predicted octanol–water partition coefficient (Wildman–Crippen LogP) is 2.64. The molecule has 0 bridgehead atoms. The number of halogens is 1.